The molecular weight excluding hydrogens is 390 g/mol. The van der Waals surface area contributed by atoms with Crippen LogP contribution in [0.1, 0.15) is 66.2 Å². The Balaban J connectivity index is 4.20. The van der Waals surface area contributed by atoms with Gasteiger partial charge in [0.05, 0.1) is 6.42 Å². The quantitative estimate of drug-likeness (QED) is 0.262. The largest absolute Gasteiger partial charge is 0.481 e. The summed E-state index contributed by atoms with van der Waals surface area (Å²) in [5.74, 6) is -1.85. The first-order chi connectivity index (χ1) is 13.6. The molecule has 0 aromatic rings. The second kappa shape index (κ2) is 15.9. The van der Waals surface area contributed by atoms with Crippen LogP contribution in [-0.2, 0) is 14.4 Å². The Labute approximate surface area is 178 Å². The standard InChI is InChI=1S/C22H35NO5S/c1-16(2)7-5-8-17(3)9-6-10-18(4)13-14-29-15-19(22(27)28)23-20(24)11-12-21(25)26/h7,9,13,19H,5-6,8,10-12,14-15H2,1-4H3,(H,23,24)(H,25,26)(H,27,28)/t19-/m1/s1. The number of carboxylic acid groups (broad SMARTS) is 2. The van der Waals surface area contributed by atoms with Crippen LogP contribution in [0.25, 0.3) is 0 Å². The van der Waals surface area contributed by atoms with E-state index in [1.807, 2.05) is 0 Å². The van der Waals surface area contributed by atoms with E-state index < -0.39 is 23.9 Å². The van der Waals surface area contributed by atoms with Gasteiger partial charge in [-0.05, 0) is 53.4 Å². The summed E-state index contributed by atoms with van der Waals surface area (Å²) in [4.78, 5) is 33.3. The fraction of sp³-hybridized carbons (Fsp3) is 0.591. The van der Waals surface area contributed by atoms with Crippen molar-refractivity contribution in [2.45, 2.75) is 72.3 Å². The minimum Gasteiger partial charge on any atom is -0.481 e. The number of allylic oxidation sites excluding steroid dienone is 5. The maximum Gasteiger partial charge on any atom is 0.327 e. The Morgan fingerprint density at radius 1 is 0.862 bits per heavy atom. The van der Waals surface area contributed by atoms with E-state index in [1.165, 1.54) is 28.5 Å². The molecule has 0 aliphatic carbocycles. The van der Waals surface area contributed by atoms with Gasteiger partial charge in [0.1, 0.15) is 6.04 Å². The average Bonchev–Trinajstić information content (AvgIpc) is 2.61. The second-order valence-electron chi connectivity index (χ2n) is 7.35. The van der Waals surface area contributed by atoms with E-state index in [0.29, 0.717) is 5.75 Å². The van der Waals surface area contributed by atoms with Crippen LogP contribution in [0.4, 0.5) is 0 Å². The third-order valence-corrected chi connectivity index (χ3v) is 5.13. The number of thioether (sulfide) groups is 1. The van der Waals surface area contributed by atoms with Crippen molar-refractivity contribution in [3.05, 3.63) is 34.9 Å². The molecule has 6 nitrogen and oxygen atoms in total. The number of aliphatic carboxylic acids is 2. The van der Waals surface area contributed by atoms with E-state index in [0.717, 1.165) is 25.7 Å². The first-order valence-electron chi connectivity index (χ1n) is 9.88. The molecule has 3 N–H and O–H groups in total. The summed E-state index contributed by atoms with van der Waals surface area (Å²) in [6.07, 6.45) is 10.2. The zero-order valence-electron chi connectivity index (χ0n) is 18.0. The van der Waals surface area contributed by atoms with Gasteiger partial charge in [0.25, 0.3) is 0 Å². The van der Waals surface area contributed by atoms with E-state index in [2.05, 4.69) is 51.2 Å². The molecule has 0 radical (unpaired) electrons. The van der Waals surface area contributed by atoms with Gasteiger partial charge in [0.2, 0.25) is 5.91 Å². The molecule has 0 saturated heterocycles. The van der Waals surface area contributed by atoms with E-state index in [1.54, 1.807) is 0 Å². The number of rotatable bonds is 15. The van der Waals surface area contributed by atoms with Crippen LogP contribution in [0.5, 0.6) is 0 Å². The molecule has 1 atom stereocenters. The maximum atomic E-state index is 11.6. The Kier molecular flexibility index (Phi) is 14.7. The number of nitrogens with one attached hydrogen (secondary N) is 1. The Bertz CT molecular complexity index is 633. The molecule has 0 aliphatic rings. The number of amides is 1. The molecular formula is C22H35NO5S. The highest BCUT2D eigenvalue weighted by molar-refractivity contribution is 7.99. The topological polar surface area (TPSA) is 104 Å². The molecule has 0 heterocycles. The Hall–Kier alpha value is -2.02. The lowest BCUT2D eigenvalue weighted by atomic mass is 10.1. The van der Waals surface area contributed by atoms with Crippen molar-refractivity contribution in [2.75, 3.05) is 11.5 Å². The molecule has 0 fully saturated rings. The van der Waals surface area contributed by atoms with E-state index in [-0.39, 0.29) is 18.6 Å². The summed E-state index contributed by atoms with van der Waals surface area (Å²) in [5.41, 5.74) is 4.00. The maximum absolute atomic E-state index is 11.6. The lowest BCUT2D eigenvalue weighted by molar-refractivity contribution is -0.141. The number of carbonyl (C=O) groups excluding carboxylic acids is 1. The zero-order valence-corrected chi connectivity index (χ0v) is 18.8. The summed E-state index contributed by atoms with van der Waals surface area (Å²) >= 11 is 1.43. The van der Waals surface area contributed by atoms with Crippen LogP contribution in [-0.4, -0.2) is 45.6 Å². The van der Waals surface area contributed by atoms with Crippen LogP contribution in [0.3, 0.4) is 0 Å². The Morgan fingerprint density at radius 2 is 1.45 bits per heavy atom. The summed E-state index contributed by atoms with van der Waals surface area (Å²) in [6, 6.07) is -1.01. The van der Waals surface area contributed by atoms with Gasteiger partial charge in [-0.3, -0.25) is 9.59 Å². The second-order valence-corrected chi connectivity index (χ2v) is 8.42. The predicted molar refractivity (Wildman–Crippen MR) is 119 cm³/mol. The fourth-order valence-electron chi connectivity index (χ4n) is 2.39. The Morgan fingerprint density at radius 3 is 2.00 bits per heavy atom. The molecule has 0 spiro atoms. The molecule has 1 amide bonds. The number of carboxylic acids is 2. The fourth-order valence-corrected chi connectivity index (χ4v) is 3.39. The van der Waals surface area contributed by atoms with Crippen LogP contribution >= 0.6 is 11.8 Å². The SMILES string of the molecule is CC(C)=CCCC(C)=CCCC(C)=CCSC[C@@H](NC(=O)CCC(=O)O)C(=O)O. The van der Waals surface area contributed by atoms with Crippen molar-refractivity contribution in [1.29, 1.82) is 0 Å². The third-order valence-electron chi connectivity index (χ3n) is 4.16. The average molecular weight is 426 g/mol. The lowest BCUT2D eigenvalue weighted by Crippen LogP contribution is -2.42. The first-order valence-corrected chi connectivity index (χ1v) is 11.0. The van der Waals surface area contributed by atoms with Gasteiger partial charge in [-0.1, -0.05) is 34.9 Å². The highest BCUT2D eigenvalue weighted by atomic mass is 32.2. The minimum atomic E-state index is -1.12. The smallest absolute Gasteiger partial charge is 0.327 e. The zero-order chi connectivity index (χ0) is 22.2. The van der Waals surface area contributed by atoms with Gasteiger partial charge < -0.3 is 15.5 Å². The summed E-state index contributed by atoms with van der Waals surface area (Å²) in [7, 11) is 0. The number of hydrogen-bond acceptors (Lipinski definition) is 4. The van der Waals surface area contributed by atoms with Gasteiger partial charge >= 0.3 is 11.9 Å². The van der Waals surface area contributed by atoms with Crippen LogP contribution in [0, 0.1) is 0 Å². The van der Waals surface area contributed by atoms with Crippen molar-refractivity contribution in [1.82, 2.24) is 5.32 Å². The van der Waals surface area contributed by atoms with Crippen molar-refractivity contribution in [2.24, 2.45) is 0 Å². The van der Waals surface area contributed by atoms with Crippen molar-refractivity contribution < 1.29 is 24.6 Å². The molecule has 0 rings (SSSR count). The van der Waals surface area contributed by atoms with Crippen LogP contribution in [0.15, 0.2) is 34.9 Å². The molecule has 7 heteroatoms. The van der Waals surface area contributed by atoms with Crippen LogP contribution < -0.4 is 5.32 Å². The van der Waals surface area contributed by atoms with Crippen molar-refractivity contribution in [3.63, 3.8) is 0 Å². The van der Waals surface area contributed by atoms with E-state index >= 15 is 0 Å². The normalized spacial score (nSPS) is 13.0. The number of carbonyl (C=O) groups is 3. The molecule has 0 saturated carbocycles. The highest BCUT2D eigenvalue weighted by Crippen LogP contribution is 2.13. The van der Waals surface area contributed by atoms with E-state index in [9.17, 15) is 19.5 Å². The molecule has 0 unspecified atom stereocenters. The molecule has 0 bridgehead atoms. The molecule has 164 valence electrons. The first kappa shape index (κ1) is 27.0. The third kappa shape index (κ3) is 16.6. The van der Waals surface area contributed by atoms with Gasteiger partial charge in [0, 0.05) is 17.9 Å². The monoisotopic (exact) mass is 425 g/mol. The number of hydrogen-bond donors (Lipinski definition) is 3. The minimum absolute atomic E-state index is 0.218. The van der Waals surface area contributed by atoms with Crippen molar-refractivity contribution in [3.8, 4) is 0 Å². The summed E-state index contributed by atoms with van der Waals surface area (Å²) in [5, 5.41) is 20.1. The molecule has 29 heavy (non-hydrogen) atoms. The van der Waals surface area contributed by atoms with Crippen molar-refractivity contribution >= 4 is 29.6 Å². The molecule has 0 aromatic heterocycles. The molecule has 0 aromatic carbocycles. The van der Waals surface area contributed by atoms with E-state index in [4.69, 9.17) is 5.11 Å². The van der Waals surface area contributed by atoms with Gasteiger partial charge in [-0.25, -0.2) is 4.79 Å². The van der Waals surface area contributed by atoms with Gasteiger partial charge in [-0.15, -0.1) is 0 Å². The van der Waals surface area contributed by atoms with Gasteiger partial charge in [-0.2, -0.15) is 11.8 Å². The van der Waals surface area contributed by atoms with Crippen LogP contribution in [0.2, 0.25) is 0 Å². The summed E-state index contributed by atoms with van der Waals surface area (Å²) in [6.45, 7) is 8.44. The molecule has 0 aliphatic heterocycles. The lowest BCUT2D eigenvalue weighted by Gasteiger charge is -2.13. The highest BCUT2D eigenvalue weighted by Gasteiger charge is 2.19. The predicted octanol–water partition coefficient (Wildman–Crippen LogP) is 4.57. The van der Waals surface area contributed by atoms with Gasteiger partial charge in [0.15, 0.2) is 0 Å². The summed E-state index contributed by atoms with van der Waals surface area (Å²) < 4.78 is 0.